The molecule has 16 heavy (non-hydrogen) atoms. The molecule has 1 amide bonds. The van der Waals surface area contributed by atoms with Crippen LogP contribution < -0.4 is 5.32 Å². The average molecular weight is 239 g/mol. The number of hydrogen-bond acceptors (Lipinski definition) is 4. The normalized spacial score (nSPS) is 16.2. The van der Waals surface area contributed by atoms with Gasteiger partial charge in [-0.3, -0.25) is 4.79 Å². The molecule has 5 heteroatoms. The number of nitrogens with zero attached hydrogens (tertiary/aromatic N) is 2. The predicted molar refractivity (Wildman–Crippen MR) is 66.2 cm³/mol. The highest BCUT2D eigenvalue weighted by Gasteiger charge is 2.24. The largest absolute Gasteiger partial charge is 0.378 e. The first-order chi connectivity index (χ1) is 7.74. The van der Waals surface area contributed by atoms with Crippen LogP contribution in [0.2, 0.25) is 0 Å². The molecule has 1 aromatic heterocycles. The van der Waals surface area contributed by atoms with Gasteiger partial charge in [-0.1, -0.05) is 0 Å². The number of rotatable bonds is 2. The molecule has 0 unspecified atom stereocenters. The Kier molecular flexibility index (Phi) is 3.43. The predicted octanol–water partition coefficient (Wildman–Crippen LogP) is 2.12. The molecule has 2 rings (SSSR count). The summed E-state index contributed by atoms with van der Waals surface area (Å²) < 4.78 is 4.23. The molecule has 0 aliphatic carbocycles. The van der Waals surface area contributed by atoms with E-state index in [1.54, 1.807) is 0 Å². The van der Waals surface area contributed by atoms with E-state index in [9.17, 15) is 4.79 Å². The standard InChI is InChI=1S/C11H17N3OS/c1-8-9(10(12-2)16-13-8)11(15)14-6-4-3-5-7-14/h12H,3-7H2,1-2H3. The highest BCUT2D eigenvalue weighted by molar-refractivity contribution is 7.10. The van der Waals surface area contributed by atoms with E-state index in [-0.39, 0.29) is 5.91 Å². The summed E-state index contributed by atoms with van der Waals surface area (Å²) in [5.74, 6) is 0.135. The van der Waals surface area contributed by atoms with Gasteiger partial charge >= 0.3 is 0 Å². The summed E-state index contributed by atoms with van der Waals surface area (Å²) in [5.41, 5.74) is 1.60. The van der Waals surface area contributed by atoms with Gasteiger partial charge in [-0.05, 0) is 37.7 Å². The van der Waals surface area contributed by atoms with E-state index in [0.717, 1.165) is 42.2 Å². The molecule has 1 aromatic rings. The smallest absolute Gasteiger partial charge is 0.258 e. The molecule has 0 atom stereocenters. The SMILES string of the molecule is CNc1snc(C)c1C(=O)N1CCCCC1. The van der Waals surface area contributed by atoms with Gasteiger partial charge in [-0.15, -0.1) is 0 Å². The molecule has 1 aliphatic rings. The summed E-state index contributed by atoms with van der Waals surface area (Å²) in [6.07, 6.45) is 3.48. The molecule has 1 aliphatic heterocycles. The van der Waals surface area contributed by atoms with Gasteiger partial charge in [0.2, 0.25) is 0 Å². The Labute approximate surface area is 99.8 Å². The summed E-state index contributed by atoms with van der Waals surface area (Å²) in [7, 11) is 1.83. The number of likely N-dealkylation sites (tertiary alicyclic amines) is 1. The van der Waals surface area contributed by atoms with Crippen molar-refractivity contribution in [3.8, 4) is 0 Å². The monoisotopic (exact) mass is 239 g/mol. The number of aryl methyl sites for hydroxylation is 1. The average Bonchev–Trinajstić information content (AvgIpc) is 2.70. The lowest BCUT2D eigenvalue weighted by Gasteiger charge is -2.26. The lowest BCUT2D eigenvalue weighted by molar-refractivity contribution is 0.0725. The van der Waals surface area contributed by atoms with E-state index >= 15 is 0 Å². The van der Waals surface area contributed by atoms with Gasteiger partial charge in [-0.25, -0.2) is 0 Å². The Bertz CT molecular complexity index is 383. The van der Waals surface area contributed by atoms with Crippen LogP contribution in [0.5, 0.6) is 0 Å². The Hall–Kier alpha value is -1.10. The Balaban J connectivity index is 2.21. The minimum atomic E-state index is 0.135. The molecule has 4 nitrogen and oxygen atoms in total. The molecule has 2 heterocycles. The Morgan fingerprint density at radius 1 is 1.38 bits per heavy atom. The Morgan fingerprint density at radius 2 is 2.06 bits per heavy atom. The van der Waals surface area contributed by atoms with E-state index in [4.69, 9.17) is 0 Å². The van der Waals surface area contributed by atoms with Gasteiger partial charge in [0.25, 0.3) is 5.91 Å². The molecule has 1 saturated heterocycles. The van der Waals surface area contributed by atoms with Crippen LogP contribution in [0.25, 0.3) is 0 Å². The number of aromatic nitrogens is 1. The van der Waals surface area contributed by atoms with Gasteiger partial charge in [0.15, 0.2) is 0 Å². The van der Waals surface area contributed by atoms with E-state index in [1.165, 1.54) is 18.0 Å². The summed E-state index contributed by atoms with van der Waals surface area (Å²) in [5, 5.41) is 3.93. The summed E-state index contributed by atoms with van der Waals surface area (Å²) in [6, 6.07) is 0. The van der Waals surface area contributed by atoms with Crippen LogP contribution in [0.1, 0.15) is 35.3 Å². The number of hydrogen-bond donors (Lipinski definition) is 1. The van der Waals surface area contributed by atoms with Crippen molar-refractivity contribution in [3.63, 3.8) is 0 Å². The molecule has 1 fully saturated rings. The van der Waals surface area contributed by atoms with Crippen molar-refractivity contribution in [2.75, 3.05) is 25.5 Å². The lowest BCUT2D eigenvalue weighted by atomic mass is 10.1. The number of amides is 1. The minimum absolute atomic E-state index is 0.135. The third kappa shape index (κ3) is 2.04. The number of piperidine rings is 1. The number of nitrogens with one attached hydrogen (secondary N) is 1. The lowest BCUT2D eigenvalue weighted by Crippen LogP contribution is -2.36. The highest BCUT2D eigenvalue weighted by atomic mass is 32.1. The molecule has 0 saturated carbocycles. The van der Waals surface area contributed by atoms with E-state index in [1.807, 2.05) is 18.9 Å². The topological polar surface area (TPSA) is 45.2 Å². The fourth-order valence-corrected chi connectivity index (χ4v) is 2.78. The zero-order valence-electron chi connectivity index (χ0n) is 9.75. The second-order valence-corrected chi connectivity index (χ2v) is 4.85. The van der Waals surface area contributed by atoms with Gasteiger partial charge in [0.1, 0.15) is 5.00 Å². The summed E-state index contributed by atoms with van der Waals surface area (Å²) in [4.78, 5) is 14.3. The molecule has 0 spiro atoms. The second-order valence-electron chi connectivity index (χ2n) is 4.07. The van der Waals surface area contributed by atoms with Crippen LogP contribution in [-0.2, 0) is 0 Å². The summed E-state index contributed by atoms with van der Waals surface area (Å²) >= 11 is 1.36. The van der Waals surface area contributed by atoms with E-state index in [0.29, 0.717) is 0 Å². The first-order valence-corrected chi connectivity index (χ1v) is 6.44. The van der Waals surface area contributed by atoms with E-state index < -0.39 is 0 Å². The van der Waals surface area contributed by atoms with Crippen molar-refractivity contribution in [3.05, 3.63) is 11.3 Å². The minimum Gasteiger partial charge on any atom is -0.378 e. The zero-order chi connectivity index (χ0) is 11.5. The van der Waals surface area contributed by atoms with Crippen LogP contribution in [-0.4, -0.2) is 35.3 Å². The van der Waals surface area contributed by atoms with Crippen LogP contribution in [0.4, 0.5) is 5.00 Å². The second kappa shape index (κ2) is 4.82. The van der Waals surface area contributed by atoms with Crippen LogP contribution in [0, 0.1) is 6.92 Å². The molecule has 0 bridgehead atoms. The quantitative estimate of drug-likeness (QED) is 0.860. The molecule has 88 valence electrons. The van der Waals surface area contributed by atoms with Crippen molar-refractivity contribution in [1.29, 1.82) is 0 Å². The zero-order valence-corrected chi connectivity index (χ0v) is 10.6. The first kappa shape index (κ1) is 11.4. The summed E-state index contributed by atoms with van der Waals surface area (Å²) in [6.45, 7) is 3.67. The van der Waals surface area contributed by atoms with Gasteiger partial charge in [-0.2, -0.15) is 4.37 Å². The third-order valence-electron chi connectivity index (χ3n) is 2.95. The van der Waals surface area contributed by atoms with Crippen molar-refractivity contribution in [2.24, 2.45) is 0 Å². The van der Waals surface area contributed by atoms with Crippen molar-refractivity contribution in [1.82, 2.24) is 9.27 Å². The maximum absolute atomic E-state index is 12.3. The third-order valence-corrected chi connectivity index (χ3v) is 3.90. The molecule has 1 N–H and O–H groups in total. The van der Waals surface area contributed by atoms with Gasteiger partial charge < -0.3 is 10.2 Å². The maximum atomic E-state index is 12.3. The number of carbonyl (C=O) groups excluding carboxylic acids is 1. The maximum Gasteiger partial charge on any atom is 0.258 e. The van der Waals surface area contributed by atoms with E-state index in [2.05, 4.69) is 9.69 Å². The van der Waals surface area contributed by atoms with Crippen LogP contribution >= 0.6 is 11.5 Å². The molecule has 0 aromatic carbocycles. The highest BCUT2D eigenvalue weighted by Crippen LogP contribution is 2.26. The Morgan fingerprint density at radius 3 is 2.69 bits per heavy atom. The molecular weight excluding hydrogens is 222 g/mol. The van der Waals surface area contributed by atoms with Gasteiger partial charge in [0, 0.05) is 20.1 Å². The van der Waals surface area contributed by atoms with Crippen molar-refractivity contribution in [2.45, 2.75) is 26.2 Å². The van der Waals surface area contributed by atoms with Gasteiger partial charge in [0.05, 0.1) is 11.3 Å². The number of anilines is 1. The first-order valence-electron chi connectivity index (χ1n) is 5.67. The van der Waals surface area contributed by atoms with Crippen LogP contribution in [0.15, 0.2) is 0 Å². The molecule has 0 radical (unpaired) electrons. The number of carbonyl (C=O) groups is 1. The van der Waals surface area contributed by atoms with Crippen molar-refractivity contribution < 1.29 is 4.79 Å². The van der Waals surface area contributed by atoms with Crippen molar-refractivity contribution >= 4 is 22.4 Å². The van der Waals surface area contributed by atoms with Crippen LogP contribution in [0.3, 0.4) is 0 Å². The molecular formula is C11H17N3OS. The fraction of sp³-hybridized carbons (Fsp3) is 0.636. The fourth-order valence-electron chi connectivity index (χ4n) is 2.05.